The van der Waals surface area contributed by atoms with Crippen molar-refractivity contribution in [3.05, 3.63) is 0 Å². The first-order valence-electron chi connectivity index (χ1n) is 3.24. The van der Waals surface area contributed by atoms with E-state index in [0.29, 0.717) is 6.04 Å². The summed E-state index contributed by atoms with van der Waals surface area (Å²) in [7, 11) is 3.08. The van der Waals surface area contributed by atoms with Crippen molar-refractivity contribution >= 4 is 5.91 Å². The maximum absolute atomic E-state index is 11.1. The quantitative estimate of drug-likeness (QED) is 0.414. The van der Waals surface area contributed by atoms with E-state index in [-0.39, 0.29) is 11.9 Å². The van der Waals surface area contributed by atoms with E-state index in [9.17, 15) is 4.79 Å². The summed E-state index contributed by atoms with van der Waals surface area (Å²) in [5.74, 6) is -0.00463. The first kappa shape index (κ1) is 7.50. The van der Waals surface area contributed by atoms with Gasteiger partial charge in [-0.3, -0.25) is 14.9 Å². The van der Waals surface area contributed by atoms with Crippen LogP contribution < -0.4 is 5.32 Å². The van der Waals surface area contributed by atoms with Gasteiger partial charge in [-0.25, -0.2) is 5.06 Å². The summed E-state index contributed by atoms with van der Waals surface area (Å²) in [6.45, 7) is 1.96. The smallest absolute Gasteiger partial charge is 0.264 e. The Labute approximate surface area is 60.1 Å². The van der Waals surface area contributed by atoms with E-state index in [0.717, 1.165) is 0 Å². The Morgan fingerprint density at radius 2 is 2.20 bits per heavy atom. The SMILES string of the molecule is CON(C)C(=O)[C@H]1N[C@@H]1C. The predicted octanol–water partition coefficient (Wildman–Crippen LogP) is -0.634. The average Bonchev–Trinajstić information content (AvgIpc) is 2.63. The zero-order valence-electron chi connectivity index (χ0n) is 6.42. The van der Waals surface area contributed by atoms with E-state index >= 15 is 0 Å². The van der Waals surface area contributed by atoms with Crippen molar-refractivity contribution in [2.75, 3.05) is 14.2 Å². The molecule has 2 atom stereocenters. The van der Waals surface area contributed by atoms with Gasteiger partial charge in [0.25, 0.3) is 5.91 Å². The summed E-state index contributed by atoms with van der Waals surface area (Å²) < 4.78 is 0. The molecular formula is C6H12N2O2. The van der Waals surface area contributed by atoms with Crippen LogP contribution in [0.5, 0.6) is 0 Å². The van der Waals surface area contributed by atoms with Crippen LogP contribution in [0.3, 0.4) is 0 Å². The summed E-state index contributed by atoms with van der Waals surface area (Å²) in [5, 5.41) is 4.21. The topological polar surface area (TPSA) is 51.5 Å². The van der Waals surface area contributed by atoms with Crippen molar-refractivity contribution in [3.63, 3.8) is 0 Å². The Morgan fingerprint density at radius 1 is 1.70 bits per heavy atom. The highest BCUT2D eigenvalue weighted by molar-refractivity contribution is 5.84. The lowest BCUT2D eigenvalue weighted by Crippen LogP contribution is -2.31. The third-order valence-electron chi connectivity index (χ3n) is 1.68. The summed E-state index contributed by atoms with van der Waals surface area (Å²) >= 11 is 0. The second kappa shape index (κ2) is 2.56. The van der Waals surface area contributed by atoms with Gasteiger partial charge < -0.3 is 0 Å². The fourth-order valence-corrected chi connectivity index (χ4v) is 0.799. The van der Waals surface area contributed by atoms with Crippen molar-refractivity contribution in [2.45, 2.75) is 19.0 Å². The molecule has 1 fully saturated rings. The first-order valence-corrected chi connectivity index (χ1v) is 3.24. The van der Waals surface area contributed by atoms with Crippen LogP contribution in [-0.4, -0.2) is 37.2 Å². The molecule has 1 heterocycles. The number of rotatable bonds is 2. The second-order valence-corrected chi connectivity index (χ2v) is 2.45. The molecule has 0 unspecified atom stereocenters. The molecule has 0 aromatic rings. The second-order valence-electron chi connectivity index (χ2n) is 2.45. The maximum atomic E-state index is 11.1. The molecule has 1 aliphatic heterocycles. The van der Waals surface area contributed by atoms with Crippen molar-refractivity contribution in [3.8, 4) is 0 Å². The van der Waals surface area contributed by atoms with Gasteiger partial charge in [0.15, 0.2) is 0 Å². The molecular weight excluding hydrogens is 132 g/mol. The van der Waals surface area contributed by atoms with Crippen molar-refractivity contribution in [1.29, 1.82) is 0 Å². The molecule has 0 aliphatic carbocycles. The minimum atomic E-state index is -0.0232. The van der Waals surface area contributed by atoms with Crippen LogP contribution in [0.1, 0.15) is 6.92 Å². The van der Waals surface area contributed by atoms with E-state index in [2.05, 4.69) is 5.32 Å². The number of carbonyl (C=O) groups is 1. The number of likely N-dealkylation sites (N-methyl/N-ethyl adjacent to an activating group) is 1. The van der Waals surface area contributed by atoms with E-state index < -0.39 is 0 Å². The van der Waals surface area contributed by atoms with Gasteiger partial charge in [0.1, 0.15) is 6.04 Å². The number of amides is 1. The number of carbonyl (C=O) groups excluding carboxylic acids is 1. The monoisotopic (exact) mass is 144 g/mol. The standard InChI is InChI=1S/C6H12N2O2/c1-4-5(7-4)6(9)8(2)10-3/h4-5,7H,1-3H3/t4-,5+/m1/s1. The minimum Gasteiger partial charge on any atom is -0.300 e. The Morgan fingerprint density at radius 3 is 2.50 bits per heavy atom. The van der Waals surface area contributed by atoms with E-state index in [1.807, 2.05) is 6.92 Å². The number of nitrogens with zero attached hydrogens (tertiary/aromatic N) is 1. The van der Waals surface area contributed by atoms with Crippen molar-refractivity contribution < 1.29 is 9.63 Å². The lowest BCUT2D eigenvalue weighted by atomic mass is 10.3. The Bertz CT molecular complexity index is 143. The molecule has 1 amide bonds. The van der Waals surface area contributed by atoms with Gasteiger partial charge in [-0.05, 0) is 6.92 Å². The van der Waals surface area contributed by atoms with Crippen LogP contribution in [0.2, 0.25) is 0 Å². The van der Waals surface area contributed by atoms with Gasteiger partial charge >= 0.3 is 0 Å². The fourth-order valence-electron chi connectivity index (χ4n) is 0.799. The number of hydroxylamine groups is 2. The normalized spacial score (nSPS) is 29.9. The largest absolute Gasteiger partial charge is 0.300 e. The lowest BCUT2D eigenvalue weighted by molar-refractivity contribution is -0.168. The molecule has 0 spiro atoms. The van der Waals surface area contributed by atoms with Crippen LogP contribution >= 0.6 is 0 Å². The maximum Gasteiger partial charge on any atom is 0.264 e. The minimum absolute atomic E-state index is 0.00463. The van der Waals surface area contributed by atoms with Crippen molar-refractivity contribution in [1.82, 2.24) is 10.4 Å². The lowest BCUT2D eigenvalue weighted by Gasteiger charge is -2.11. The number of hydrogen-bond donors (Lipinski definition) is 1. The molecule has 0 saturated carbocycles. The zero-order valence-corrected chi connectivity index (χ0v) is 6.42. The van der Waals surface area contributed by atoms with Gasteiger partial charge in [-0.1, -0.05) is 0 Å². The van der Waals surface area contributed by atoms with E-state index in [1.54, 1.807) is 7.05 Å². The van der Waals surface area contributed by atoms with Crippen LogP contribution in [-0.2, 0) is 9.63 Å². The van der Waals surface area contributed by atoms with Gasteiger partial charge in [-0.15, -0.1) is 0 Å². The molecule has 0 aromatic heterocycles. The number of nitrogens with one attached hydrogen (secondary N) is 1. The van der Waals surface area contributed by atoms with Gasteiger partial charge in [0.2, 0.25) is 0 Å². The molecule has 1 rings (SSSR count). The average molecular weight is 144 g/mol. The molecule has 1 saturated heterocycles. The Balaban J connectivity index is 2.35. The molecule has 0 bridgehead atoms. The summed E-state index contributed by atoms with van der Waals surface area (Å²) in [5.41, 5.74) is 0. The molecule has 0 radical (unpaired) electrons. The summed E-state index contributed by atoms with van der Waals surface area (Å²) in [4.78, 5) is 15.8. The molecule has 10 heavy (non-hydrogen) atoms. The van der Waals surface area contributed by atoms with E-state index in [4.69, 9.17) is 4.84 Å². The van der Waals surface area contributed by atoms with E-state index in [1.165, 1.54) is 12.2 Å². The Hall–Kier alpha value is -0.610. The molecule has 0 aromatic carbocycles. The highest BCUT2D eigenvalue weighted by atomic mass is 16.7. The molecule has 1 N–H and O–H groups in total. The van der Waals surface area contributed by atoms with Crippen LogP contribution in [0.4, 0.5) is 0 Å². The molecule has 58 valence electrons. The zero-order chi connectivity index (χ0) is 7.72. The molecule has 1 aliphatic rings. The highest BCUT2D eigenvalue weighted by Crippen LogP contribution is 2.11. The van der Waals surface area contributed by atoms with Gasteiger partial charge in [-0.2, -0.15) is 0 Å². The predicted molar refractivity (Wildman–Crippen MR) is 36.2 cm³/mol. The molecule has 4 heteroatoms. The summed E-state index contributed by atoms with van der Waals surface area (Å²) in [6, 6.07) is 0.287. The van der Waals surface area contributed by atoms with Crippen LogP contribution in [0, 0.1) is 0 Å². The third-order valence-corrected chi connectivity index (χ3v) is 1.68. The van der Waals surface area contributed by atoms with Gasteiger partial charge in [0, 0.05) is 13.1 Å². The van der Waals surface area contributed by atoms with Crippen LogP contribution in [0.15, 0.2) is 0 Å². The van der Waals surface area contributed by atoms with Crippen LogP contribution in [0.25, 0.3) is 0 Å². The third kappa shape index (κ3) is 1.27. The summed E-state index contributed by atoms with van der Waals surface area (Å²) in [6.07, 6.45) is 0. The van der Waals surface area contributed by atoms with Gasteiger partial charge in [0.05, 0.1) is 7.11 Å². The fraction of sp³-hybridized carbons (Fsp3) is 0.833. The molecule has 4 nitrogen and oxygen atoms in total. The van der Waals surface area contributed by atoms with Crippen molar-refractivity contribution in [2.24, 2.45) is 0 Å². The number of hydrogen-bond acceptors (Lipinski definition) is 3. The Kier molecular flexibility index (Phi) is 1.92. The highest BCUT2D eigenvalue weighted by Gasteiger charge is 2.40. The first-order chi connectivity index (χ1) is 4.66.